The van der Waals surface area contributed by atoms with Crippen LogP contribution in [0.5, 0.6) is 0 Å². The SMILES string of the molecule is CCCCN1CCN(c2cc(C(C)(C)O)ccc2C2CCC(C(C)(C)C)CC2)CC1. The standard InChI is InChI=1S/C27H46N2O/c1-7-8-15-28-16-18-29(19-17-28)25-20-23(27(5,6)30)13-14-24(25)21-9-11-22(12-10-21)26(2,3)4/h13-14,20-22,30H,7-12,15-19H2,1-6H3. The van der Waals surface area contributed by atoms with Crippen LogP contribution in [0, 0.1) is 11.3 Å². The molecule has 170 valence electrons. The van der Waals surface area contributed by atoms with E-state index in [1.807, 2.05) is 13.8 Å². The molecule has 1 N–H and O–H groups in total. The molecular formula is C27H46N2O. The second-order valence-electron chi connectivity index (χ2n) is 11.4. The Morgan fingerprint density at radius 1 is 0.933 bits per heavy atom. The van der Waals surface area contributed by atoms with Crippen molar-refractivity contribution < 1.29 is 5.11 Å². The van der Waals surface area contributed by atoms with E-state index >= 15 is 0 Å². The lowest BCUT2D eigenvalue weighted by molar-refractivity contribution is 0.0786. The first-order chi connectivity index (χ1) is 14.1. The summed E-state index contributed by atoms with van der Waals surface area (Å²) in [6, 6.07) is 6.81. The largest absolute Gasteiger partial charge is 0.386 e. The Bertz CT molecular complexity index is 669. The Labute approximate surface area is 185 Å². The Morgan fingerprint density at radius 3 is 2.10 bits per heavy atom. The lowest BCUT2D eigenvalue weighted by atomic mass is 9.68. The lowest BCUT2D eigenvalue weighted by Crippen LogP contribution is -2.47. The van der Waals surface area contributed by atoms with Gasteiger partial charge < -0.3 is 10.0 Å². The molecule has 2 aliphatic rings. The number of nitrogens with zero attached hydrogens (tertiary/aromatic N) is 2. The maximum Gasteiger partial charge on any atom is 0.0841 e. The third-order valence-electron chi connectivity index (χ3n) is 7.67. The summed E-state index contributed by atoms with van der Waals surface area (Å²) in [5, 5.41) is 10.6. The Morgan fingerprint density at radius 2 is 1.57 bits per heavy atom. The number of unbranched alkanes of at least 4 members (excludes halogenated alkanes) is 1. The third kappa shape index (κ3) is 5.79. The van der Waals surface area contributed by atoms with Crippen molar-refractivity contribution in [2.75, 3.05) is 37.6 Å². The molecule has 0 amide bonds. The maximum absolute atomic E-state index is 10.6. The molecule has 0 aromatic heterocycles. The van der Waals surface area contributed by atoms with Crippen molar-refractivity contribution >= 4 is 5.69 Å². The van der Waals surface area contributed by atoms with Crippen molar-refractivity contribution in [3.05, 3.63) is 29.3 Å². The monoisotopic (exact) mass is 414 g/mol. The predicted octanol–water partition coefficient (Wildman–Crippen LogP) is 6.16. The Balaban J connectivity index is 1.79. The number of hydrogen-bond donors (Lipinski definition) is 1. The molecule has 30 heavy (non-hydrogen) atoms. The highest BCUT2D eigenvalue weighted by Crippen LogP contribution is 2.45. The lowest BCUT2D eigenvalue weighted by Gasteiger charge is -2.41. The van der Waals surface area contributed by atoms with Crippen LogP contribution in [0.1, 0.15) is 97.1 Å². The smallest absolute Gasteiger partial charge is 0.0841 e. The molecule has 1 heterocycles. The van der Waals surface area contributed by atoms with Gasteiger partial charge in [0.1, 0.15) is 0 Å². The second kappa shape index (κ2) is 9.61. The van der Waals surface area contributed by atoms with Crippen molar-refractivity contribution in [2.45, 2.75) is 91.6 Å². The van der Waals surface area contributed by atoms with Gasteiger partial charge in [-0.1, -0.05) is 46.2 Å². The van der Waals surface area contributed by atoms with E-state index in [9.17, 15) is 5.11 Å². The van der Waals surface area contributed by atoms with E-state index in [-0.39, 0.29) is 0 Å². The van der Waals surface area contributed by atoms with E-state index in [1.165, 1.54) is 56.3 Å². The first-order valence-corrected chi connectivity index (χ1v) is 12.4. The van der Waals surface area contributed by atoms with Crippen molar-refractivity contribution in [3.8, 4) is 0 Å². The van der Waals surface area contributed by atoms with Crippen LogP contribution in [-0.2, 0) is 5.60 Å². The van der Waals surface area contributed by atoms with Gasteiger partial charge in [-0.3, -0.25) is 4.90 Å². The zero-order valence-electron chi connectivity index (χ0n) is 20.5. The molecule has 0 unspecified atom stereocenters. The molecule has 1 saturated carbocycles. The van der Waals surface area contributed by atoms with E-state index in [1.54, 1.807) is 0 Å². The summed E-state index contributed by atoms with van der Waals surface area (Å²) in [4.78, 5) is 5.22. The fraction of sp³-hybridized carbons (Fsp3) is 0.778. The van der Waals surface area contributed by atoms with Gasteiger partial charge in [-0.25, -0.2) is 0 Å². The van der Waals surface area contributed by atoms with Gasteiger partial charge in [-0.2, -0.15) is 0 Å². The van der Waals surface area contributed by atoms with Crippen molar-refractivity contribution in [1.82, 2.24) is 4.90 Å². The molecule has 1 aromatic rings. The summed E-state index contributed by atoms with van der Waals surface area (Å²) in [7, 11) is 0. The van der Waals surface area contributed by atoms with Crippen LogP contribution in [0.3, 0.4) is 0 Å². The molecule has 3 heteroatoms. The minimum Gasteiger partial charge on any atom is -0.386 e. The topological polar surface area (TPSA) is 26.7 Å². The Kier molecular flexibility index (Phi) is 7.56. The van der Waals surface area contributed by atoms with Gasteiger partial charge in [-0.15, -0.1) is 0 Å². The molecule has 0 radical (unpaired) electrons. The molecule has 3 rings (SSSR count). The van der Waals surface area contributed by atoms with E-state index in [4.69, 9.17) is 0 Å². The van der Waals surface area contributed by atoms with Gasteiger partial charge in [0.05, 0.1) is 5.60 Å². The highest BCUT2D eigenvalue weighted by atomic mass is 16.3. The predicted molar refractivity (Wildman–Crippen MR) is 129 cm³/mol. The fourth-order valence-corrected chi connectivity index (χ4v) is 5.41. The summed E-state index contributed by atoms with van der Waals surface area (Å²) in [5.41, 5.74) is 3.59. The first-order valence-electron chi connectivity index (χ1n) is 12.4. The molecule has 1 saturated heterocycles. The summed E-state index contributed by atoms with van der Waals surface area (Å²) in [6.07, 6.45) is 7.85. The van der Waals surface area contributed by atoms with Crippen LogP contribution in [-0.4, -0.2) is 42.7 Å². The number of aliphatic hydroxyl groups is 1. The maximum atomic E-state index is 10.6. The minimum absolute atomic E-state index is 0.424. The normalized spacial score (nSPS) is 24.3. The summed E-state index contributed by atoms with van der Waals surface area (Å²) < 4.78 is 0. The van der Waals surface area contributed by atoms with Crippen molar-refractivity contribution in [2.24, 2.45) is 11.3 Å². The van der Waals surface area contributed by atoms with Crippen molar-refractivity contribution in [3.63, 3.8) is 0 Å². The summed E-state index contributed by atoms with van der Waals surface area (Å²) in [6.45, 7) is 19.0. The highest BCUT2D eigenvalue weighted by Gasteiger charge is 2.32. The number of rotatable bonds is 6. The first kappa shape index (κ1) is 23.6. The average molecular weight is 415 g/mol. The molecule has 0 bridgehead atoms. The van der Waals surface area contributed by atoms with Gasteiger partial charge in [0.2, 0.25) is 0 Å². The number of hydrogen-bond acceptors (Lipinski definition) is 3. The average Bonchev–Trinajstić information content (AvgIpc) is 2.71. The van der Waals surface area contributed by atoms with Crippen molar-refractivity contribution in [1.29, 1.82) is 0 Å². The van der Waals surface area contributed by atoms with Gasteiger partial charge in [0.25, 0.3) is 0 Å². The Hall–Kier alpha value is -1.06. The number of anilines is 1. The van der Waals surface area contributed by atoms with Gasteiger partial charge in [0, 0.05) is 31.9 Å². The zero-order chi connectivity index (χ0) is 21.9. The van der Waals surface area contributed by atoms with E-state index < -0.39 is 5.60 Å². The third-order valence-corrected chi connectivity index (χ3v) is 7.67. The summed E-state index contributed by atoms with van der Waals surface area (Å²) >= 11 is 0. The van der Waals surface area contributed by atoms with Gasteiger partial charge in [0.15, 0.2) is 0 Å². The molecule has 0 spiro atoms. The molecule has 0 atom stereocenters. The second-order valence-corrected chi connectivity index (χ2v) is 11.4. The van der Waals surface area contributed by atoms with E-state index in [0.29, 0.717) is 11.3 Å². The molecule has 2 fully saturated rings. The fourth-order valence-electron chi connectivity index (χ4n) is 5.41. The van der Waals surface area contributed by atoms with E-state index in [0.717, 1.165) is 37.7 Å². The van der Waals surface area contributed by atoms with Crippen LogP contribution in [0.4, 0.5) is 5.69 Å². The van der Waals surface area contributed by atoms with Crippen LogP contribution >= 0.6 is 0 Å². The van der Waals surface area contributed by atoms with Crippen LogP contribution in [0.2, 0.25) is 0 Å². The van der Waals surface area contributed by atoms with Crippen LogP contribution in [0.15, 0.2) is 18.2 Å². The molecule has 1 aromatic carbocycles. The van der Waals surface area contributed by atoms with Crippen LogP contribution < -0.4 is 4.90 Å². The summed E-state index contributed by atoms with van der Waals surface area (Å²) in [5.74, 6) is 1.50. The molecule has 1 aliphatic heterocycles. The molecular weight excluding hydrogens is 368 g/mol. The number of benzene rings is 1. The zero-order valence-corrected chi connectivity index (χ0v) is 20.5. The van der Waals surface area contributed by atoms with E-state index in [2.05, 4.69) is 55.7 Å². The van der Waals surface area contributed by atoms with Crippen LogP contribution in [0.25, 0.3) is 0 Å². The van der Waals surface area contributed by atoms with Gasteiger partial charge >= 0.3 is 0 Å². The van der Waals surface area contributed by atoms with Gasteiger partial charge in [-0.05, 0) is 86.9 Å². The quantitative estimate of drug-likeness (QED) is 0.604. The molecule has 3 nitrogen and oxygen atoms in total. The molecule has 1 aliphatic carbocycles. The number of piperazine rings is 1. The minimum atomic E-state index is -0.792. The highest BCUT2D eigenvalue weighted by molar-refractivity contribution is 5.58.